The number of ether oxygens (including phenoxy) is 2. The van der Waals surface area contributed by atoms with Crippen molar-refractivity contribution in [3.63, 3.8) is 0 Å². The van der Waals surface area contributed by atoms with Crippen molar-refractivity contribution in [3.8, 4) is 0 Å². The molecule has 0 aliphatic carbocycles. The van der Waals surface area contributed by atoms with Crippen LogP contribution in [0.4, 0.5) is 10.6 Å². The molecule has 1 aromatic carbocycles. The number of rotatable bonds is 5. The van der Waals surface area contributed by atoms with E-state index in [4.69, 9.17) is 9.47 Å². The van der Waals surface area contributed by atoms with Crippen molar-refractivity contribution in [3.05, 3.63) is 29.8 Å². The number of nitrogens with zero attached hydrogens (tertiary/aromatic N) is 3. The Hall–Kier alpha value is -3.20. The number of aliphatic hydroxyl groups is 1. The highest BCUT2D eigenvalue weighted by Crippen LogP contribution is 2.31. The van der Waals surface area contributed by atoms with Crippen LogP contribution >= 0.6 is 0 Å². The molecule has 0 spiro atoms. The fourth-order valence-corrected chi connectivity index (χ4v) is 2.94. The van der Waals surface area contributed by atoms with E-state index in [9.17, 15) is 14.7 Å². The van der Waals surface area contributed by atoms with E-state index in [2.05, 4.69) is 15.3 Å². The minimum atomic E-state index is -0.741. The molecule has 0 saturated carbocycles. The summed E-state index contributed by atoms with van der Waals surface area (Å²) in [6.07, 6.45) is -0.741. The number of aromatic nitrogens is 3. The van der Waals surface area contributed by atoms with Gasteiger partial charge in [-0.3, -0.25) is 5.32 Å². The average molecular weight is 400 g/mol. The van der Waals surface area contributed by atoms with Gasteiger partial charge in [0.25, 0.3) is 0 Å². The number of carbonyl (C=O) groups excluding carboxylic acids is 2. The summed E-state index contributed by atoms with van der Waals surface area (Å²) in [7, 11) is 0. The summed E-state index contributed by atoms with van der Waals surface area (Å²) < 4.78 is 12.0. The van der Waals surface area contributed by atoms with Crippen LogP contribution in [0, 0.1) is 0 Å². The van der Waals surface area contributed by atoms with E-state index < -0.39 is 17.7 Å². The van der Waals surface area contributed by atoms with E-state index in [1.807, 2.05) is 12.1 Å². The molecule has 2 heterocycles. The van der Waals surface area contributed by atoms with Gasteiger partial charge in [0.05, 0.1) is 24.2 Å². The van der Waals surface area contributed by atoms with Gasteiger partial charge < -0.3 is 19.1 Å². The Morgan fingerprint density at radius 3 is 2.41 bits per heavy atom. The van der Waals surface area contributed by atoms with E-state index in [1.165, 1.54) is 4.57 Å². The van der Waals surface area contributed by atoms with Crippen molar-refractivity contribution >= 4 is 40.1 Å². The van der Waals surface area contributed by atoms with Crippen molar-refractivity contribution in [1.29, 1.82) is 0 Å². The highest BCUT2D eigenvalue weighted by molar-refractivity contribution is 6.10. The minimum Gasteiger partial charge on any atom is -0.462 e. The fourth-order valence-electron chi connectivity index (χ4n) is 2.94. The van der Waals surface area contributed by atoms with Crippen LogP contribution in [-0.2, 0) is 16.0 Å². The first kappa shape index (κ1) is 20.5. The molecule has 29 heavy (non-hydrogen) atoms. The van der Waals surface area contributed by atoms with Gasteiger partial charge in [-0.1, -0.05) is 12.1 Å². The maximum absolute atomic E-state index is 12.7. The number of anilines is 1. The number of amides is 1. The second kappa shape index (κ2) is 8.04. The first-order valence-electron chi connectivity index (χ1n) is 9.32. The fraction of sp³-hybridized carbons (Fsp3) is 0.400. The smallest absolute Gasteiger partial charge is 0.413 e. The number of para-hydroxylation sites is 2. The summed E-state index contributed by atoms with van der Waals surface area (Å²) in [5.41, 5.74) is 1.19. The van der Waals surface area contributed by atoms with Gasteiger partial charge in [0, 0.05) is 6.54 Å². The van der Waals surface area contributed by atoms with Crippen LogP contribution in [0.2, 0.25) is 0 Å². The molecule has 0 fully saturated rings. The van der Waals surface area contributed by atoms with E-state index in [1.54, 1.807) is 39.8 Å². The average Bonchev–Trinajstić information content (AvgIpc) is 2.91. The number of nitrogens with one attached hydrogen (secondary N) is 1. The molecule has 0 atom stereocenters. The second-order valence-electron chi connectivity index (χ2n) is 7.33. The van der Waals surface area contributed by atoms with Crippen molar-refractivity contribution in [1.82, 2.24) is 14.5 Å². The largest absolute Gasteiger partial charge is 0.462 e. The number of fused-ring (bicyclic) bond motifs is 2. The molecule has 1 amide bonds. The quantitative estimate of drug-likeness (QED) is 0.632. The lowest BCUT2D eigenvalue weighted by Gasteiger charge is -2.20. The van der Waals surface area contributed by atoms with Gasteiger partial charge in [-0.2, -0.15) is 0 Å². The molecule has 2 aromatic heterocycles. The number of hydrogen-bond acceptors (Lipinski definition) is 7. The van der Waals surface area contributed by atoms with Gasteiger partial charge in [0.1, 0.15) is 22.5 Å². The van der Waals surface area contributed by atoms with Gasteiger partial charge >= 0.3 is 12.1 Å². The normalized spacial score (nSPS) is 11.6. The summed E-state index contributed by atoms with van der Waals surface area (Å²) in [5.74, 6) is -0.526. The highest BCUT2D eigenvalue weighted by atomic mass is 16.6. The molecule has 9 nitrogen and oxygen atoms in total. The zero-order valence-corrected chi connectivity index (χ0v) is 16.9. The van der Waals surface area contributed by atoms with Crippen molar-refractivity contribution in [2.75, 3.05) is 18.5 Å². The van der Waals surface area contributed by atoms with Crippen LogP contribution in [0.25, 0.3) is 22.2 Å². The first-order chi connectivity index (χ1) is 13.7. The molecule has 0 saturated heterocycles. The summed E-state index contributed by atoms with van der Waals surface area (Å²) >= 11 is 0. The van der Waals surface area contributed by atoms with Gasteiger partial charge in [0.2, 0.25) is 0 Å². The number of aliphatic hydroxyl groups excluding tert-OH is 1. The summed E-state index contributed by atoms with van der Waals surface area (Å²) in [6.45, 7) is 6.90. The third-order valence-electron chi connectivity index (χ3n) is 3.97. The van der Waals surface area contributed by atoms with Crippen molar-refractivity contribution in [2.24, 2.45) is 0 Å². The van der Waals surface area contributed by atoms with Crippen LogP contribution in [0.5, 0.6) is 0 Å². The van der Waals surface area contributed by atoms with E-state index in [0.717, 1.165) is 0 Å². The lowest BCUT2D eigenvalue weighted by Crippen LogP contribution is -2.28. The first-order valence-corrected chi connectivity index (χ1v) is 9.32. The van der Waals surface area contributed by atoms with Crippen LogP contribution < -0.4 is 5.32 Å². The van der Waals surface area contributed by atoms with Gasteiger partial charge in [-0.15, -0.1) is 0 Å². The third-order valence-corrected chi connectivity index (χ3v) is 3.97. The molecule has 2 N–H and O–H groups in total. The Morgan fingerprint density at radius 1 is 1.17 bits per heavy atom. The lowest BCUT2D eigenvalue weighted by molar-refractivity contribution is 0.0529. The predicted octanol–water partition coefficient (Wildman–Crippen LogP) is 3.10. The topological polar surface area (TPSA) is 116 Å². The molecular formula is C20H24N4O5. The molecule has 3 aromatic rings. The second-order valence-corrected chi connectivity index (χ2v) is 7.33. The Labute approximate surface area is 167 Å². The Bertz CT molecular complexity index is 1070. The van der Waals surface area contributed by atoms with Crippen molar-refractivity contribution < 1.29 is 24.2 Å². The molecule has 0 unspecified atom stereocenters. The zero-order chi connectivity index (χ0) is 21.2. The molecule has 154 valence electrons. The Kier molecular flexibility index (Phi) is 5.69. The number of esters is 1. The number of carbonyl (C=O) groups is 2. The SMILES string of the molecule is CCOC(=O)c1c(NC(=O)OC(C)(C)C)n(CCO)c2nc3ccccc3nc12. The minimum absolute atomic E-state index is 0.0689. The van der Waals surface area contributed by atoms with Gasteiger partial charge in [-0.05, 0) is 39.8 Å². The van der Waals surface area contributed by atoms with Crippen LogP contribution in [0.1, 0.15) is 38.1 Å². The molecule has 0 bridgehead atoms. The summed E-state index contributed by atoms with van der Waals surface area (Å²) in [5, 5.41) is 12.2. The zero-order valence-electron chi connectivity index (χ0n) is 16.9. The molecule has 9 heteroatoms. The molecular weight excluding hydrogens is 376 g/mol. The van der Waals surface area contributed by atoms with Crippen LogP contribution in [-0.4, -0.2) is 50.5 Å². The standard InChI is InChI=1S/C20H24N4O5/c1-5-28-18(26)14-15-17(22-13-9-7-6-8-12(13)21-15)24(10-11-25)16(14)23-19(27)29-20(2,3)4/h6-9,25H,5,10-11H2,1-4H3,(H,23,27). The van der Waals surface area contributed by atoms with E-state index >= 15 is 0 Å². The Balaban J connectivity index is 2.25. The highest BCUT2D eigenvalue weighted by Gasteiger charge is 2.29. The molecule has 0 aliphatic rings. The van der Waals surface area contributed by atoms with Crippen LogP contribution in [0.3, 0.4) is 0 Å². The maximum atomic E-state index is 12.7. The number of hydrogen-bond donors (Lipinski definition) is 2. The van der Waals surface area contributed by atoms with E-state index in [0.29, 0.717) is 16.7 Å². The summed E-state index contributed by atoms with van der Waals surface area (Å²) in [6, 6.07) is 7.22. The summed E-state index contributed by atoms with van der Waals surface area (Å²) in [4.78, 5) is 34.3. The molecule has 0 radical (unpaired) electrons. The monoisotopic (exact) mass is 400 g/mol. The molecule has 0 aliphatic heterocycles. The maximum Gasteiger partial charge on any atom is 0.413 e. The van der Waals surface area contributed by atoms with Gasteiger partial charge in [0.15, 0.2) is 5.65 Å². The predicted molar refractivity (Wildman–Crippen MR) is 108 cm³/mol. The van der Waals surface area contributed by atoms with Gasteiger partial charge in [-0.25, -0.2) is 19.6 Å². The van der Waals surface area contributed by atoms with Crippen molar-refractivity contribution in [2.45, 2.75) is 39.8 Å². The van der Waals surface area contributed by atoms with E-state index in [-0.39, 0.29) is 36.7 Å². The Morgan fingerprint density at radius 2 is 1.83 bits per heavy atom. The number of benzene rings is 1. The lowest BCUT2D eigenvalue weighted by atomic mass is 10.2. The van der Waals surface area contributed by atoms with Crippen LogP contribution in [0.15, 0.2) is 24.3 Å². The molecule has 3 rings (SSSR count). The third kappa shape index (κ3) is 4.29.